The molecule has 0 saturated carbocycles. The lowest BCUT2D eigenvalue weighted by Crippen LogP contribution is -2.44. The average Bonchev–Trinajstić information content (AvgIpc) is 3.09. The van der Waals surface area contributed by atoms with Crippen LogP contribution in [0.15, 0.2) is 58.4 Å². The van der Waals surface area contributed by atoms with Crippen LogP contribution in [0.4, 0.5) is 5.69 Å². The van der Waals surface area contributed by atoms with Gasteiger partial charge in [-0.25, -0.2) is 4.99 Å². The Morgan fingerprint density at radius 3 is 2.31 bits per heavy atom. The summed E-state index contributed by atoms with van der Waals surface area (Å²) < 4.78 is 0. The van der Waals surface area contributed by atoms with Crippen molar-refractivity contribution in [1.29, 1.82) is 0 Å². The fraction of sp³-hybridized carbons (Fsp3) is 0.158. The molecule has 0 radical (unpaired) electrons. The number of amides is 3. The van der Waals surface area contributed by atoms with Gasteiger partial charge in [-0.05, 0) is 24.3 Å². The number of rotatable bonds is 2. The molecule has 3 heterocycles. The van der Waals surface area contributed by atoms with Crippen LogP contribution in [0.2, 0.25) is 0 Å². The maximum atomic E-state index is 12.6. The van der Waals surface area contributed by atoms with Crippen LogP contribution >= 0.6 is 11.8 Å². The molecule has 0 aromatic heterocycles. The number of imide groups is 1. The number of carbonyl (C=O) groups excluding carboxylic acids is 3. The number of para-hydroxylation sites is 1. The Morgan fingerprint density at radius 1 is 0.923 bits per heavy atom. The van der Waals surface area contributed by atoms with Gasteiger partial charge in [-0.2, -0.15) is 0 Å². The van der Waals surface area contributed by atoms with Crippen LogP contribution in [0.3, 0.4) is 0 Å². The van der Waals surface area contributed by atoms with Crippen LogP contribution in [-0.4, -0.2) is 45.3 Å². The molecule has 1 fully saturated rings. The van der Waals surface area contributed by atoms with Crippen LogP contribution in [-0.2, 0) is 4.79 Å². The lowest BCUT2D eigenvalue weighted by Gasteiger charge is -2.26. The van der Waals surface area contributed by atoms with E-state index in [9.17, 15) is 14.4 Å². The molecule has 0 unspecified atom stereocenters. The summed E-state index contributed by atoms with van der Waals surface area (Å²) in [5, 5.41) is -0.0763. The van der Waals surface area contributed by atoms with E-state index >= 15 is 0 Å². The Morgan fingerprint density at radius 2 is 1.58 bits per heavy atom. The minimum atomic E-state index is -0.369. The Balaban J connectivity index is 1.48. The summed E-state index contributed by atoms with van der Waals surface area (Å²) >= 11 is 1.60. The molecule has 3 aliphatic rings. The molecule has 2 aromatic rings. The smallest absolute Gasteiger partial charge is 0.263 e. The van der Waals surface area contributed by atoms with Crippen molar-refractivity contribution < 1.29 is 14.4 Å². The van der Waals surface area contributed by atoms with Gasteiger partial charge >= 0.3 is 0 Å². The highest BCUT2D eigenvalue weighted by Crippen LogP contribution is 2.42. The van der Waals surface area contributed by atoms with Crippen molar-refractivity contribution in [3.05, 3.63) is 59.7 Å². The van der Waals surface area contributed by atoms with Gasteiger partial charge in [0.1, 0.15) is 12.5 Å². The Bertz CT molecular complexity index is 982. The summed E-state index contributed by atoms with van der Waals surface area (Å²) in [6, 6.07) is 14.4. The molecule has 26 heavy (non-hydrogen) atoms. The van der Waals surface area contributed by atoms with Gasteiger partial charge in [-0.15, -0.1) is 11.8 Å². The molecule has 3 aliphatic heterocycles. The SMILES string of the molecule is O=C1C[C@H]2Sc3ccccc3N=C2N1CN1C(=O)c2ccccc2C1=O. The zero-order valence-corrected chi connectivity index (χ0v) is 14.4. The van der Waals surface area contributed by atoms with Crippen LogP contribution in [0.5, 0.6) is 0 Å². The molecule has 3 amide bonds. The summed E-state index contributed by atoms with van der Waals surface area (Å²) in [7, 11) is 0. The van der Waals surface area contributed by atoms with E-state index in [4.69, 9.17) is 0 Å². The molecule has 128 valence electrons. The number of likely N-dealkylation sites (tertiary alicyclic amines) is 1. The highest BCUT2D eigenvalue weighted by Gasteiger charge is 2.44. The second-order valence-corrected chi connectivity index (χ2v) is 7.54. The van der Waals surface area contributed by atoms with E-state index in [0.29, 0.717) is 23.4 Å². The number of hydrogen-bond acceptors (Lipinski definition) is 5. The van der Waals surface area contributed by atoms with Crippen LogP contribution in [0.1, 0.15) is 27.1 Å². The summed E-state index contributed by atoms with van der Waals surface area (Å²) in [5.41, 5.74) is 1.57. The molecular weight excluding hydrogens is 350 g/mol. The minimum absolute atomic E-state index is 0.0763. The van der Waals surface area contributed by atoms with Crippen molar-refractivity contribution in [3.8, 4) is 0 Å². The van der Waals surface area contributed by atoms with Crippen LogP contribution < -0.4 is 0 Å². The molecule has 0 aliphatic carbocycles. The lowest BCUT2D eigenvalue weighted by molar-refractivity contribution is -0.126. The van der Waals surface area contributed by atoms with E-state index < -0.39 is 0 Å². The number of benzene rings is 2. The Kier molecular flexibility index (Phi) is 3.27. The average molecular weight is 363 g/mol. The highest BCUT2D eigenvalue weighted by molar-refractivity contribution is 8.01. The number of fused-ring (bicyclic) bond motifs is 3. The van der Waals surface area contributed by atoms with Gasteiger partial charge in [0.15, 0.2) is 0 Å². The van der Waals surface area contributed by atoms with Crippen molar-refractivity contribution in [1.82, 2.24) is 9.80 Å². The standard InChI is InChI=1S/C19H13N3O3S/c23-16-9-15-17(20-13-7-3-4-8-14(13)26-15)21(16)10-22-18(24)11-5-1-2-6-12(11)19(22)25/h1-8,15H,9-10H2/t15-/m1/s1. The normalized spacial score (nSPS) is 20.8. The number of thioether (sulfide) groups is 1. The first-order chi connectivity index (χ1) is 12.6. The zero-order chi connectivity index (χ0) is 17.8. The Hall–Kier alpha value is -2.93. The topological polar surface area (TPSA) is 70.1 Å². The van der Waals surface area contributed by atoms with Crippen LogP contribution in [0.25, 0.3) is 0 Å². The number of amidine groups is 1. The number of hydrogen-bond donors (Lipinski definition) is 0. The van der Waals surface area contributed by atoms with Crippen molar-refractivity contribution in [2.45, 2.75) is 16.6 Å². The van der Waals surface area contributed by atoms with E-state index in [1.807, 2.05) is 24.3 Å². The maximum Gasteiger partial charge on any atom is 0.263 e. The first-order valence-corrected chi connectivity index (χ1v) is 9.11. The number of nitrogens with zero attached hydrogens (tertiary/aromatic N) is 3. The van der Waals surface area contributed by atoms with Gasteiger partial charge in [-0.3, -0.25) is 24.2 Å². The van der Waals surface area contributed by atoms with E-state index in [1.165, 1.54) is 4.90 Å². The predicted octanol–water partition coefficient (Wildman–Crippen LogP) is 2.68. The molecule has 1 saturated heterocycles. The summed E-state index contributed by atoms with van der Waals surface area (Å²) in [6.07, 6.45) is 0.320. The molecule has 7 heteroatoms. The second kappa shape index (κ2) is 5.54. The van der Waals surface area contributed by atoms with Gasteiger partial charge in [0.05, 0.1) is 22.1 Å². The third-order valence-electron chi connectivity index (χ3n) is 4.76. The molecule has 0 N–H and O–H groups in total. The van der Waals surface area contributed by atoms with E-state index in [2.05, 4.69) is 4.99 Å². The van der Waals surface area contributed by atoms with Gasteiger partial charge in [-0.1, -0.05) is 24.3 Å². The first-order valence-electron chi connectivity index (χ1n) is 8.23. The summed E-state index contributed by atoms with van der Waals surface area (Å²) in [5.74, 6) is -0.238. The minimum Gasteiger partial charge on any atom is -0.280 e. The maximum absolute atomic E-state index is 12.6. The van der Waals surface area contributed by atoms with Gasteiger partial charge in [0, 0.05) is 11.3 Å². The monoisotopic (exact) mass is 363 g/mol. The summed E-state index contributed by atoms with van der Waals surface area (Å²) in [4.78, 5) is 46.0. The molecule has 0 spiro atoms. The zero-order valence-electron chi connectivity index (χ0n) is 13.6. The number of carbonyl (C=O) groups is 3. The molecule has 5 rings (SSSR count). The van der Waals surface area contributed by atoms with Crippen molar-refractivity contribution in [2.24, 2.45) is 4.99 Å². The second-order valence-electron chi connectivity index (χ2n) is 6.30. The van der Waals surface area contributed by atoms with Gasteiger partial charge < -0.3 is 0 Å². The third-order valence-corrected chi connectivity index (χ3v) is 6.02. The lowest BCUT2D eigenvalue weighted by atomic mass is 10.1. The molecule has 0 bridgehead atoms. The van der Waals surface area contributed by atoms with Gasteiger partial charge in [0.2, 0.25) is 5.91 Å². The van der Waals surface area contributed by atoms with Gasteiger partial charge in [0.25, 0.3) is 11.8 Å². The van der Waals surface area contributed by atoms with E-state index in [1.54, 1.807) is 36.0 Å². The van der Waals surface area contributed by atoms with Crippen molar-refractivity contribution in [3.63, 3.8) is 0 Å². The molecule has 2 aromatic carbocycles. The number of aliphatic imine (C=N–C) groups is 1. The van der Waals surface area contributed by atoms with Crippen molar-refractivity contribution >= 4 is 41.0 Å². The predicted molar refractivity (Wildman–Crippen MR) is 96.5 cm³/mol. The third kappa shape index (κ3) is 2.13. The summed E-state index contributed by atoms with van der Waals surface area (Å²) in [6.45, 7) is -0.0940. The largest absolute Gasteiger partial charge is 0.280 e. The molecular formula is C19H13N3O3S. The highest BCUT2D eigenvalue weighted by atomic mass is 32.2. The van der Waals surface area contributed by atoms with E-state index in [0.717, 1.165) is 15.5 Å². The van der Waals surface area contributed by atoms with Crippen molar-refractivity contribution in [2.75, 3.05) is 6.67 Å². The first kappa shape index (κ1) is 15.3. The van der Waals surface area contributed by atoms with E-state index in [-0.39, 0.29) is 29.6 Å². The fourth-order valence-corrected chi connectivity index (χ4v) is 4.68. The molecule has 6 nitrogen and oxygen atoms in total. The quantitative estimate of drug-likeness (QED) is 0.769. The van der Waals surface area contributed by atoms with Crippen LogP contribution in [0, 0.1) is 0 Å². The molecule has 1 atom stereocenters. The fourth-order valence-electron chi connectivity index (χ4n) is 3.47. The Labute approximate surface area is 153 Å².